The molecule has 0 unspecified atom stereocenters. The molecule has 3 amide bonds. The third kappa shape index (κ3) is 5.93. The first-order valence-corrected chi connectivity index (χ1v) is 10.9. The number of hydrogen-bond donors (Lipinski definition) is 1. The number of benzene rings is 1. The summed E-state index contributed by atoms with van der Waals surface area (Å²) in [7, 11) is 2.48. The van der Waals surface area contributed by atoms with E-state index in [1.165, 1.54) is 32.4 Å². The Morgan fingerprint density at radius 1 is 1.14 bits per heavy atom. The zero-order valence-electron chi connectivity index (χ0n) is 20.1. The van der Waals surface area contributed by atoms with Crippen molar-refractivity contribution in [2.75, 3.05) is 27.4 Å². The third-order valence-electron chi connectivity index (χ3n) is 5.02. The fourth-order valence-corrected chi connectivity index (χ4v) is 3.40. The van der Waals surface area contributed by atoms with Gasteiger partial charge in [-0.3, -0.25) is 9.69 Å². The smallest absolute Gasteiger partial charge is 0.373 e. The highest BCUT2D eigenvalue weighted by Crippen LogP contribution is 2.35. The Morgan fingerprint density at radius 2 is 1.92 bits per heavy atom. The van der Waals surface area contributed by atoms with Crippen molar-refractivity contribution in [3.63, 3.8) is 0 Å². The van der Waals surface area contributed by atoms with E-state index < -0.39 is 23.9 Å². The lowest BCUT2D eigenvalue weighted by Gasteiger charge is -2.16. The summed E-state index contributed by atoms with van der Waals surface area (Å²) < 4.78 is 25.9. The molecule has 0 bridgehead atoms. The standard InChI is InChI=1S/C25H26N2O9/c1-5-7-16-10-15(12-20(34-6-2)22(16)35-14-21(28)32-3)11-18-23(29)27(25(31)26-18)13-17-8-9-19(36-17)24(30)33-4/h5,8-12H,1,6-7,13-14H2,2-4H3,(H,26,31). The van der Waals surface area contributed by atoms with E-state index in [0.717, 1.165) is 4.90 Å². The summed E-state index contributed by atoms with van der Waals surface area (Å²) in [4.78, 5) is 49.5. The molecule has 11 heteroatoms. The van der Waals surface area contributed by atoms with Gasteiger partial charge in [-0.1, -0.05) is 6.08 Å². The Labute approximate surface area is 207 Å². The highest BCUT2D eigenvalue weighted by molar-refractivity contribution is 6.13. The SMILES string of the molecule is C=CCc1cc(C=C2NC(=O)N(Cc3ccc(C(=O)OC)o3)C2=O)cc(OCC)c1OCC(=O)OC. The van der Waals surface area contributed by atoms with Gasteiger partial charge in [-0.25, -0.2) is 14.4 Å². The van der Waals surface area contributed by atoms with Crippen molar-refractivity contribution >= 4 is 30.0 Å². The van der Waals surface area contributed by atoms with Gasteiger partial charge in [-0.2, -0.15) is 0 Å². The number of allylic oxidation sites excluding steroid dienone is 1. The molecule has 11 nitrogen and oxygen atoms in total. The number of carbonyl (C=O) groups excluding carboxylic acids is 4. The maximum absolute atomic E-state index is 12.9. The van der Waals surface area contributed by atoms with Crippen LogP contribution in [0.4, 0.5) is 4.79 Å². The van der Waals surface area contributed by atoms with Gasteiger partial charge in [0, 0.05) is 5.56 Å². The van der Waals surface area contributed by atoms with Crippen LogP contribution >= 0.6 is 0 Å². The summed E-state index contributed by atoms with van der Waals surface area (Å²) in [5.41, 5.74) is 1.25. The first-order valence-electron chi connectivity index (χ1n) is 10.9. The second-order valence-corrected chi connectivity index (χ2v) is 7.43. The van der Waals surface area contributed by atoms with E-state index in [0.29, 0.717) is 35.7 Å². The second kappa shape index (κ2) is 11.7. The molecule has 1 fully saturated rings. The van der Waals surface area contributed by atoms with E-state index in [-0.39, 0.29) is 30.4 Å². The highest BCUT2D eigenvalue weighted by Gasteiger charge is 2.34. The third-order valence-corrected chi connectivity index (χ3v) is 5.02. The van der Waals surface area contributed by atoms with E-state index in [1.807, 2.05) is 0 Å². The molecule has 3 rings (SSSR count). The number of nitrogens with zero attached hydrogens (tertiary/aromatic N) is 1. The lowest BCUT2D eigenvalue weighted by Crippen LogP contribution is -2.30. The van der Waals surface area contributed by atoms with Gasteiger partial charge < -0.3 is 28.7 Å². The van der Waals surface area contributed by atoms with Crippen LogP contribution in [-0.4, -0.2) is 56.2 Å². The first-order chi connectivity index (χ1) is 17.3. The van der Waals surface area contributed by atoms with Gasteiger partial charge in [0.1, 0.15) is 11.5 Å². The van der Waals surface area contributed by atoms with E-state index in [9.17, 15) is 19.2 Å². The largest absolute Gasteiger partial charge is 0.490 e. The summed E-state index contributed by atoms with van der Waals surface area (Å²) in [5, 5.41) is 2.54. The van der Waals surface area contributed by atoms with Gasteiger partial charge in [0.25, 0.3) is 5.91 Å². The molecule has 0 radical (unpaired) electrons. The maximum Gasteiger partial charge on any atom is 0.373 e. The van der Waals surface area contributed by atoms with Crippen LogP contribution in [0.5, 0.6) is 11.5 Å². The molecular weight excluding hydrogens is 472 g/mol. The van der Waals surface area contributed by atoms with Crippen LogP contribution < -0.4 is 14.8 Å². The number of hydrogen-bond acceptors (Lipinski definition) is 9. The Balaban J connectivity index is 1.88. The van der Waals surface area contributed by atoms with Gasteiger partial charge in [-0.15, -0.1) is 6.58 Å². The summed E-state index contributed by atoms with van der Waals surface area (Å²) in [6.45, 7) is 5.38. The van der Waals surface area contributed by atoms with E-state index in [2.05, 4.69) is 21.4 Å². The number of imide groups is 1. The van der Waals surface area contributed by atoms with Crippen molar-refractivity contribution in [1.82, 2.24) is 10.2 Å². The van der Waals surface area contributed by atoms with Crippen LogP contribution in [0.1, 0.15) is 34.4 Å². The van der Waals surface area contributed by atoms with Gasteiger partial charge in [0.15, 0.2) is 18.1 Å². The summed E-state index contributed by atoms with van der Waals surface area (Å²) in [6.07, 6.45) is 3.55. The summed E-state index contributed by atoms with van der Waals surface area (Å²) in [6, 6.07) is 5.61. The number of nitrogens with one attached hydrogen (secondary N) is 1. The fraction of sp³-hybridized carbons (Fsp3) is 0.280. The Morgan fingerprint density at radius 3 is 2.58 bits per heavy atom. The Bertz CT molecular complexity index is 1210. The van der Waals surface area contributed by atoms with E-state index in [1.54, 1.807) is 25.1 Å². The number of ether oxygens (including phenoxy) is 4. The molecular formula is C25H26N2O9. The minimum Gasteiger partial charge on any atom is -0.490 e. The van der Waals surface area contributed by atoms with Gasteiger partial charge in [0.2, 0.25) is 5.76 Å². The molecule has 0 atom stereocenters. The van der Waals surface area contributed by atoms with Crippen LogP contribution in [0.2, 0.25) is 0 Å². The number of esters is 2. The highest BCUT2D eigenvalue weighted by atomic mass is 16.6. The van der Waals surface area contributed by atoms with Crippen molar-refractivity contribution in [2.45, 2.75) is 19.9 Å². The van der Waals surface area contributed by atoms with Crippen LogP contribution in [-0.2, 0) is 32.0 Å². The molecule has 0 saturated carbocycles. The van der Waals surface area contributed by atoms with Gasteiger partial charge >= 0.3 is 18.0 Å². The lowest BCUT2D eigenvalue weighted by molar-refractivity contribution is -0.143. The molecule has 36 heavy (non-hydrogen) atoms. The number of carbonyl (C=O) groups is 4. The minimum atomic E-state index is -0.668. The normalized spacial score (nSPS) is 14.0. The number of furan rings is 1. The van der Waals surface area contributed by atoms with Crippen LogP contribution in [0.15, 0.2) is 47.0 Å². The molecule has 190 valence electrons. The molecule has 1 aliphatic heterocycles. The lowest BCUT2D eigenvalue weighted by atomic mass is 10.0. The number of methoxy groups -OCH3 is 2. The topological polar surface area (TPSA) is 134 Å². The predicted molar refractivity (Wildman–Crippen MR) is 126 cm³/mol. The Hall–Kier alpha value is -4.54. The molecule has 1 aliphatic rings. The van der Waals surface area contributed by atoms with Crippen molar-refractivity contribution < 1.29 is 42.5 Å². The van der Waals surface area contributed by atoms with Crippen LogP contribution in [0, 0.1) is 0 Å². The predicted octanol–water partition coefficient (Wildman–Crippen LogP) is 2.84. The monoisotopic (exact) mass is 498 g/mol. The molecule has 1 aromatic heterocycles. The Kier molecular flexibility index (Phi) is 8.50. The number of rotatable bonds is 11. The van der Waals surface area contributed by atoms with Crippen LogP contribution in [0.25, 0.3) is 6.08 Å². The summed E-state index contributed by atoms with van der Waals surface area (Å²) in [5.74, 6) is -0.896. The van der Waals surface area contributed by atoms with Crippen molar-refractivity contribution in [2.24, 2.45) is 0 Å². The van der Waals surface area contributed by atoms with Gasteiger partial charge in [0.05, 0.1) is 27.4 Å². The van der Waals surface area contributed by atoms with Gasteiger partial charge in [-0.05, 0) is 49.2 Å². The fourth-order valence-electron chi connectivity index (χ4n) is 3.40. The molecule has 1 N–H and O–H groups in total. The summed E-state index contributed by atoms with van der Waals surface area (Å²) >= 11 is 0. The maximum atomic E-state index is 12.9. The molecule has 2 heterocycles. The minimum absolute atomic E-state index is 0.0370. The van der Waals surface area contributed by atoms with E-state index in [4.69, 9.17) is 13.9 Å². The average molecular weight is 498 g/mol. The van der Waals surface area contributed by atoms with Crippen molar-refractivity contribution in [3.8, 4) is 11.5 Å². The average Bonchev–Trinajstić information content (AvgIpc) is 3.43. The molecule has 0 spiro atoms. The first kappa shape index (κ1) is 26.1. The molecule has 1 saturated heterocycles. The van der Waals surface area contributed by atoms with Crippen molar-refractivity contribution in [3.05, 3.63) is 65.3 Å². The van der Waals surface area contributed by atoms with Crippen LogP contribution in [0.3, 0.4) is 0 Å². The van der Waals surface area contributed by atoms with E-state index >= 15 is 0 Å². The molecule has 0 aliphatic carbocycles. The zero-order chi connectivity index (χ0) is 26.2. The zero-order valence-corrected chi connectivity index (χ0v) is 20.1. The van der Waals surface area contributed by atoms with Crippen molar-refractivity contribution in [1.29, 1.82) is 0 Å². The molecule has 1 aromatic carbocycles. The number of amides is 3. The number of urea groups is 1. The second-order valence-electron chi connectivity index (χ2n) is 7.43. The quantitative estimate of drug-likeness (QED) is 0.215. The molecule has 2 aromatic rings.